The highest BCUT2D eigenvalue weighted by Gasteiger charge is 2.27. The summed E-state index contributed by atoms with van der Waals surface area (Å²) < 4.78 is 16.3. The fraction of sp³-hybridized carbons (Fsp3) is 0.391. The number of carbonyl (C=O) groups excluding carboxylic acids is 2. The van der Waals surface area contributed by atoms with Gasteiger partial charge >= 0.3 is 0 Å². The van der Waals surface area contributed by atoms with Crippen LogP contribution in [0.2, 0.25) is 0 Å². The number of benzene rings is 2. The summed E-state index contributed by atoms with van der Waals surface area (Å²) in [5, 5.41) is 0. The van der Waals surface area contributed by atoms with Crippen LogP contribution in [0.15, 0.2) is 42.5 Å². The van der Waals surface area contributed by atoms with Gasteiger partial charge in [-0.2, -0.15) is 0 Å². The zero-order valence-corrected chi connectivity index (χ0v) is 17.7. The first-order valence-corrected chi connectivity index (χ1v) is 10.0. The summed E-state index contributed by atoms with van der Waals surface area (Å²) in [7, 11) is 3.06. The number of amides is 2. The zero-order chi connectivity index (χ0) is 21.5. The molecule has 30 heavy (non-hydrogen) atoms. The minimum absolute atomic E-state index is 0.0165. The first-order valence-electron chi connectivity index (χ1n) is 10.0. The lowest BCUT2D eigenvalue weighted by atomic mass is 10.1. The van der Waals surface area contributed by atoms with Crippen LogP contribution < -0.4 is 14.2 Å². The van der Waals surface area contributed by atoms with Crippen LogP contribution in [0, 0.1) is 6.92 Å². The Morgan fingerprint density at radius 1 is 0.867 bits per heavy atom. The van der Waals surface area contributed by atoms with Gasteiger partial charge < -0.3 is 24.0 Å². The third kappa shape index (κ3) is 5.03. The summed E-state index contributed by atoms with van der Waals surface area (Å²) in [5.41, 5.74) is 1.54. The maximum absolute atomic E-state index is 13.2. The van der Waals surface area contributed by atoms with Gasteiger partial charge in [0.1, 0.15) is 22.8 Å². The van der Waals surface area contributed by atoms with E-state index in [1.807, 2.05) is 31.2 Å². The van der Waals surface area contributed by atoms with Gasteiger partial charge in [0.25, 0.3) is 11.8 Å². The maximum atomic E-state index is 13.2. The quantitative estimate of drug-likeness (QED) is 0.730. The van der Waals surface area contributed by atoms with Gasteiger partial charge in [-0.3, -0.25) is 9.59 Å². The number of nitrogens with zero attached hydrogens (tertiary/aromatic N) is 2. The number of hydrogen-bond acceptors (Lipinski definition) is 5. The molecule has 0 radical (unpaired) electrons. The predicted molar refractivity (Wildman–Crippen MR) is 113 cm³/mol. The van der Waals surface area contributed by atoms with Crippen LogP contribution >= 0.6 is 0 Å². The monoisotopic (exact) mass is 412 g/mol. The Labute approximate surface area is 177 Å². The first-order chi connectivity index (χ1) is 14.5. The number of rotatable bonds is 6. The van der Waals surface area contributed by atoms with Crippen molar-refractivity contribution >= 4 is 11.8 Å². The van der Waals surface area contributed by atoms with Crippen LogP contribution in [-0.4, -0.2) is 68.6 Å². The normalized spacial score (nSPS) is 14.1. The lowest BCUT2D eigenvalue weighted by molar-refractivity contribution is -0.133. The number of carbonyl (C=O) groups is 2. The molecule has 1 aliphatic rings. The van der Waals surface area contributed by atoms with Crippen molar-refractivity contribution in [3.8, 4) is 17.2 Å². The number of hydrogen-bond donors (Lipinski definition) is 0. The molecule has 2 aromatic carbocycles. The third-order valence-corrected chi connectivity index (χ3v) is 5.16. The molecular formula is C23H28N2O5. The van der Waals surface area contributed by atoms with Crippen molar-refractivity contribution < 1.29 is 23.8 Å². The highest BCUT2D eigenvalue weighted by atomic mass is 16.5. The van der Waals surface area contributed by atoms with Gasteiger partial charge in [-0.1, -0.05) is 23.8 Å². The molecule has 1 fully saturated rings. The second-order valence-corrected chi connectivity index (χ2v) is 7.17. The van der Waals surface area contributed by atoms with Crippen LogP contribution in [0.25, 0.3) is 0 Å². The minimum atomic E-state index is -0.158. The van der Waals surface area contributed by atoms with Crippen molar-refractivity contribution in [2.75, 3.05) is 47.0 Å². The first kappa shape index (κ1) is 21.5. The summed E-state index contributed by atoms with van der Waals surface area (Å²) in [5.74, 6) is 1.38. The molecule has 3 rings (SSSR count). The molecule has 0 atom stereocenters. The van der Waals surface area contributed by atoms with Gasteiger partial charge in [-0.25, -0.2) is 0 Å². The van der Waals surface area contributed by atoms with Gasteiger partial charge in [-0.05, 0) is 37.6 Å². The van der Waals surface area contributed by atoms with Crippen molar-refractivity contribution in [1.82, 2.24) is 9.80 Å². The van der Waals surface area contributed by atoms with Crippen molar-refractivity contribution in [3.63, 3.8) is 0 Å². The Balaban J connectivity index is 1.61. The molecule has 0 unspecified atom stereocenters. The smallest absolute Gasteiger partial charge is 0.261 e. The second-order valence-electron chi connectivity index (χ2n) is 7.17. The summed E-state index contributed by atoms with van der Waals surface area (Å²) >= 11 is 0. The van der Waals surface area contributed by atoms with Crippen LogP contribution in [0.5, 0.6) is 17.2 Å². The molecule has 7 heteroatoms. The van der Waals surface area contributed by atoms with Crippen molar-refractivity contribution in [1.29, 1.82) is 0 Å². The molecule has 0 aliphatic carbocycles. The molecule has 160 valence electrons. The minimum Gasteiger partial charge on any atom is -0.496 e. The lowest BCUT2D eigenvalue weighted by Crippen LogP contribution is -2.39. The molecule has 2 aromatic rings. The zero-order valence-electron chi connectivity index (χ0n) is 17.7. The average molecular weight is 412 g/mol. The molecule has 2 amide bonds. The average Bonchev–Trinajstić information content (AvgIpc) is 3.03. The van der Waals surface area contributed by atoms with E-state index in [0.29, 0.717) is 55.4 Å². The second kappa shape index (κ2) is 10.0. The Bertz CT molecular complexity index is 859. The molecule has 1 heterocycles. The van der Waals surface area contributed by atoms with Gasteiger partial charge in [0.15, 0.2) is 6.61 Å². The van der Waals surface area contributed by atoms with E-state index in [-0.39, 0.29) is 18.4 Å². The maximum Gasteiger partial charge on any atom is 0.261 e. The summed E-state index contributed by atoms with van der Waals surface area (Å²) in [4.78, 5) is 29.3. The van der Waals surface area contributed by atoms with Gasteiger partial charge in [0.05, 0.1) is 14.2 Å². The van der Waals surface area contributed by atoms with Crippen LogP contribution in [-0.2, 0) is 4.79 Å². The fourth-order valence-electron chi connectivity index (χ4n) is 3.46. The van der Waals surface area contributed by atoms with Gasteiger partial charge in [-0.15, -0.1) is 0 Å². The van der Waals surface area contributed by atoms with E-state index in [1.165, 1.54) is 14.2 Å². The van der Waals surface area contributed by atoms with Crippen molar-refractivity contribution in [3.05, 3.63) is 53.6 Å². The summed E-state index contributed by atoms with van der Waals surface area (Å²) in [6.07, 6.45) is 0.694. The standard InChI is InChI=1S/C23H28N2O5/c1-17-8-10-18(11-9-17)30-16-21(26)24-12-5-13-25(15-14-24)23(27)22-19(28-2)6-4-7-20(22)29-3/h4,6-11H,5,12-16H2,1-3H3. The molecule has 0 aromatic heterocycles. The van der Waals surface area contributed by atoms with E-state index < -0.39 is 0 Å². The molecule has 0 N–H and O–H groups in total. The molecule has 1 aliphatic heterocycles. The van der Waals surface area contributed by atoms with Crippen molar-refractivity contribution in [2.45, 2.75) is 13.3 Å². The van der Waals surface area contributed by atoms with E-state index in [9.17, 15) is 9.59 Å². The van der Waals surface area contributed by atoms with Gasteiger partial charge in [0, 0.05) is 26.2 Å². The Kier molecular flexibility index (Phi) is 7.17. The highest BCUT2D eigenvalue weighted by Crippen LogP contribution is 2.29. The molecule has 0 bridgehead atoms. The molecule has 7 nitrogen and oxygen atoms in total. The predicted octanol–water partition coefficient (Wildman–Crippen LogP) is 2.77. The largest absolute Gasteiger partial charge is 0.496 e. The van der Waals surface area contributed by atoms with Gasteiger partial charge in [0.2, 0.25) is 0 Å². The Morgan fingerprint density at radius 3 is 2.10 bits per heavy atom. The number of ether oxygens (including phenoxy) is 3. The van der Waals surface area contributed by atoms with E-state index in [0.717, 1.165) is 5.56 Å². The topological polar surface area (TPSA) is 68.3 Å². The Morgan fingerprint density at radius 2 is 1.47 bits per heavy atom. The summed E-state index contributed by atoms with van der Waals surface area (Å²) in [6, 6.07) is 12.9. The van der Waals surface area contributed by atoms with E-state index in [4.69, 9.17) is 14.2 Å². The molecular weight excluding hydrogens is 384 g/mol. The fourth-order valence-corrected chi connectivity index (χ4v) is 3.46. The molecule has 0 spiro atoms. The number of methoxy groups -OCH3 is 2. The van der Waals surface area contributed by atoms with E-state index in [1.54, 1.807) is 28.0 Å². The summed E-state index contributed by atoms with van der Waals surface area (Å²) in [6.45, 7) is 4.03. The van der Waals surface area contributed by atoms with Crippen LogP contribution in [0.1, 0.15) is 22.3 Å². The highest BCUT2D eigenvalue weighted by molar-refractivity contribution is 5.99. The van der Waals surface area contributed by atoms with E-state index in [2.05, 4.69) is 0 Å². The third-order valence-electron chi connectivity index (χ3n) is 5.16. The van der Waals surface area contributed by atoms with Crippen molar-refractivity contribution in [2.24, 2.45) is 0 Å². The molecule has 0 saturated carbocycles. The van der Waals surface area contributed by atoms with Crippen LogP contribution in [0.3, 0.4) is 0 Å². The van der Waals surface area contributed by atoms with Crippen LogP contribution in [0.4, 0.5) is 0 Å². The van der Waals surface area contributed by atoms with E-state index >= 15 is 0 Å². The lowest BCUT2D eigenvalue weighted by Gasteiger charge is -2.23. The Hall–Kier alpha value is -3.22. The SMILES string of the molecule is COc1cccc(OC)c1C(=O)N1CCCN(C(=O)COc2ccc(C)cc2)CC1. The molecule has 1 saturated heterocycles. The number of aryl methyl sites for hydroxylation is 1.